The largest absolute Gasteiger partial charge is 0.354 e. The van der Waals surface area contributed by atoms with Gasteiger partial charge in [-0.1, -0.05) is 91.1 Å². The van der Waals surface area contributed by atoms with E-state index >= 15 is 0 Å². The number of amides is 2. The van der Waals surface area contributed by atoms with Crippen LogP contribution in [0.3, 0.4) is 0 Å². The average Bonchev–Trinajstić information content (AvgIpc) is 2.92. The summed E-state index contributed by atoms with van der Waals surface area (Å²) in [6.45, 7) is 3.69. The molecule has 0 saturated carbocycles. The van der Waals surface area contributed by atoms with Crippen molar-refractivity contribution in [1.82, 2.24) is 10.2 Å². The van der Waals surface area contributed by atoms with Crippen molar-refractivity contribution in [3.8, 4) is 0 Å². The average molecular weight is 605 g/mol. The van der Waals surface area contributed by atoms with Crippen LogP contribution in [-0.4, -0.2) is 50.5 Å². The molecule has 1 N–H and O–H groups in total. The molecule has 0 aliphatic carbocycles. The van der Waals surface area contributed by atoms with Gasteiger partial charge in [0.2, 0.25) is 21.8 Å². The lowest BCUT2D eigenvalue weighted by molar-refractivity contribution is -0.140. The molecule has 0 aromatic heterocycles. The molecule has 0 fully saturated rings. The Morgan fingerprint density at radius 2 is 1.57 bits per heavy atom. The van der Waals surface area contributed by atoms with Crippen molar-refractivity contribution in [2.75, 3.05) is 23.7 Å². The Balaban J connectivity index is 2.07. The van der Waals surface area contributed by atoms with E-state index in [-0.39, 0.29) is 18.9 Å². The molecule has 2 amide bonds. The molecular weight excluding hydrogens is 569 g/mol. The minimum absolute atomic E-state index is 0.0172. The molecule has 40 heavy (non-hydrogen) atoms. The van der Waals surface area contributed by atoms with Crippen molar-refractivity contribution in [3.05, 3.63) is 99.5 Å². The topological polar surface area (TPSA) is 86.8 Å². The number of anilines is 1. The number of carbonyl (C=O) groups excluding carboxylic acids is 2. The maximum Gasteiger partial charge on any atom is 0.244 e. The van der Waals surface area contributed by atoms with Crippen LogP contribution >= 0.6 is 23.2 Å². The Bertz CT molecular complexity index is 1420. The van der Waals surface area contributed by atoms with Crippen LogP contribution in [0.2, 0.25) is 10.0 Å². The van der Waals surface area contributed by atoms with Gasteiger partial charge in [0, 0.05) is 29.6 Å². The number of carbonyl (C=O) groups is 2. The van der Waals surface area contributed by atoms with E-state index in [1.165, 1.54) is 4.90 Å². The monoisotopic (exact) mass is 603 g/mol. The standard InChI is InChI=1S/C30H35Cl2N3O4S/c1-4-5-18-33-30(37)28(19-23-12-7-6-8-13-23)34(20-24-14-9-10-15-26(24)32)29(36)21-35(40(3,38)39)27-17-11-16-25(31)22(27)2/h6-17,28H,4-5,18-21H2,1-3H3,(H,33,37)/t28-/m1/s1. The highest BCUT2D eigenvalue weighted by Gasteiger charge is 2.33. The van der Waals surface area contributed by atoms with Gasteiger partial charge in [0.15, 0.2) is 0 Å². The molecule has 0 unspecified atom stereocenters. The van der Waals surface area contributed by atoms with E-state index in [1.807, 2.05) is 37.3 Å². The lowest BCUT2D eigenvalue weighted by atomic mass is 10.0. The van der Waals surface area contributed by atoms with Gasteiger partial charge in [-0.2, -0.15) is 0 Å². The van der Waals surface area contributed by atoms with Gasteiger partial charge < -0.3 is 10.2 Å². The van der Waals surface area contributed by atoms with Gasteiger partial charge in [-0.05, 0) is 48.2 Å². The van der Waals surface area contributed by atoms with Crippen molar-refractivity contribution in [1.29, 1.82) is 0 Å². The normalized spacial score (nSPS) is 12.0. The summed E-state index contributed by atoms with van der Waals surface area (Å²) in [7, 11) is -3.89. The first-order valence-corrected chi connectivity index (χ1v) is 15.7. The number of benzene rings is 3. The smallest absolute Gasteiger partial charge is 0.244 e. The summed E-state index contributed by atoms with van der Waals surface area (Å²) in [5.74, 6) is -0.862. The van der Waals surface area contributed by atoms with Gasteiger partial charge in [0.05, 0.1) is 11.9 Å². The number of nitrogens with one attached hydrogen (secondary N) is 1. The summed E-state index contributed by atoms with van der Waals surface area (Å²) in [6, 6.07) is 20.5. The Morgan fingerprint density at radius 3 is 2.23 bits per heavy atom. The van der Waals surface area contributed by atoms with Crippen LogP contribution < -0.4 is 9.62 Å². The first-order valence-electron chi connectivity index (χ1n) is 13.1. The van der Waals surface area contributed by atoms with Crippen LogP contribution in [-0.2, 0) is 32.6 Å². The summed E-state index contributed by atoms with van der Waals surface area (Å²) >= 11 is 12.8. The highest BCUT2D eigenvalue weighted by Crippen LogP contribution is 2.29. The summed E-state index contributed by atoms with van der Waals surface area (Å²) in [5.41, 5.74) is 2.33. The van der Waals surface area contributed by atoms with Gasteiger partial charge in [-0.3, -0.25) is 13.9 Å². The van der Waals surface area contributed by atoms with Gasteiger partial charge in [-0.25, -0.2) is 8.42 Å². The minimum Gasteiger partial charge on any atom is -0.354 e. The number of hydrogen-bond acceptors (Lipinski definition) is 4. The van der Waals surface area contributed by atoms with Crippen LogP contribution in [0.1, 0.15) is 36.5 Å². The first-order chi connectivity index (χ1) is 19.0. The molecule has 7 nitrogen and oxygen atoms in total. The Kier molecular flexibility index (Phi) is 11.4. The third kappa shape index (κ3) is 8.46. The molecule has 0 saturated heterocycles. The molecule has 3 aromatic carbocycles. The zero-order valence-electron chi connectivity index (χ0n) is 22.9. The highest BCUT2D eigenvalue weighted by molar-refractivity contribution is 7.92. The molecular formula is C30H35Cl2N3O4S. The van der Waals surface area contributed by atoms with E-state index < -0.39 is 28.5 Å². The van der Waals surface area contributed by atoms with E-state index in [2.05, 4.69) is 5.32 Å². The second-order valence-electron chi connectivity index (χ2n) is 9.62. The number of unbranched alkanes of at least 4 members (excludes halogenated alkanes) is 1. The van der Waals surface area contributed by atoms with Crippen molar-refractivity contribution >= 4 is 50.7 Å². The SMILES string of the molecule is CCCCNC(=O)[C@@H](Cc1ccccc1)N(Cc1ccccc1Cl)C(=O)CN(c1cccc(Cl)c1C)S(C)(=O)=O. The Hall–Kier alpha value is -3.07. The molecule has 3 aromatic rings. The van der Waals surface area contributed by atoms with Crippen molar-refractivity contribution in [3.63, 3.8) is 0 Å². The van der Waals surface area contributed by atoms with Crippen LogP contribution in [0.4, 0.5) is 5.69 Å². The lowest BCUT2D eigenvalue weighted by Gasteiger charge is -2.34. The Labute approximate surface area is 247 Å². The first kappa shape index (κ1) is 31.5. The molecule has 0 radical (unpaired) electrons. The van der Waals surface area contributed by atoms with Crippen LogP contribution in [0, 0.1) is 6.92 Å². The number of halogens is 2. The van der Waals surface area contributed by atoms with Crippen molar-refractivity contribution in [2.45, 2.75) is 45.7 Å². The van der Waals surface area contributed by atoms with Gasteiger partial charge in [-0.15, -0.1) is 0 Å². The molecule has 3 rings (SSSR count). The maximum atomic E-state index is 14.1. The fourth-order valence-electron chi connectivity index (χ4n) is 4.33. The molecule has 0 spiro atoms. The second-order valence-corrected chi connectivity index (χ2v) is 12.3. The summed E-state index contributed by atoms with van der Waals surface area (Å²) in [6.07, 6.45) is 2.97. The number of nitrogens with zero attached hydrogens (tertiary/aromatic N) is 2. The Morgan fingerprint density at radius 1 is 0.925 bits per heavy atom. The van der Waals surface area contributed by atoms with E-state index in [9.17, 15) is 18.0 Å². The predicted octanol–water partition coefficient (Wildman–Crippen LogP) is 5.62. The summed E-state index contributed by atoms with van der Waals surface area (Å²) in [5, 5.41) is 3.78. The van der Waals surface area contributed by atoms with E-state index in [0.29, 0.717) is 33.4 Å². The fraction of sp³-hybridized carbons (Fsp3) is 0.333. The lowest BCUT2D eigenvalue weighted by Crippen LogP contribution is -2.53. The van der Waals surface area contributed by atoms with Crippen molar-refractivity contribution in [2.24, 2.45) is 0 Å². The molecule has 0 aliphatic rings. The maximum absolute atomic E-state index is 14.1. The highest BCUT2D eigenvalue weighted by atomic mass is 35.5. The van der Waals surface area contributed by atoms with E-state index in [0.717, 1.165) is 29.0 Å². The zero-order chi connectivity index (χ0) is 29.3. The van der Waals surface area contributed by atoms with Gasteiger partial charge in [0.25, 0.3) is 0 Å². The summed E-state index contributed by atoms with van der Waals surface area (Å²) in [4.78, 5) is 29.1. The van der Waals surface area contributed by atoms with Gasteiger partial charge in [0.1, 0.15) is 12.6 Å². The molecule has 1 atom stereocenters. The second kappa shape index (κ2) is 14.5. The predicted molar refractivity (Wildman–Crippen MR) is 162 cm³/mol. The van der Waals surface area contributed by atoms with Crippen LogP contribution in [0.15, 0.2) is 72.8 Å². The molecule has 214 valence electrons. The zero-order valence-corrected chi connectivity index (χ0v) is 25.3. The number of hydrogen-bond donors (Lipinski definition) is 1. The summed E-state index contributed by atoms with van der Waals surface area (Å²) < 4.78 is 26.9. The van der Waals surface area contributed by atoms with Crippen LogP contribution in [0.25, 0.3) is 0 Å². The van der Waals surface area contributed by atoms with Crippen molar-refractivity contribution < 1.29 is 18.0 Å². The quantitative estimate of drug-likeness (QED) is 0.257. The third-order valence-electron chi connectivity index (χ3n) is 6.59. The number of sulfonamides is 1. The third-order valence-corrected chi connectivity index (χ3v) is 8.49. The van der Waals surface area contributed by atoms with E-state index in [1.54, 1.807) is 49.4 Å². The molecule has 0 bridgehead atoms. The minimum atomic E-state index is -3.89. The molecule has 0 aliphatic heterocycles. The number of rotatable bonds is 13. The van der Waals surface area contributed by atoms with Gasteiger partial charge >= 0.3 is 0 Å². The molecule has 0 heterocycles. The molecule has 10 heteroatoms. The van der Waals surface area contributed by atoms with Crippen LogP contribution in [0.5, 0.6) is 0 Å². The van der Waals surface area contributed by atoms with E-state index in [4.69, 9.17) is 23.2 Å². The fourth-order valence-corrected chi connectivity index (χ4v) is 5.60.